The maximum absolute atomic E-state index is 5.57. The highest BCUT2D eigenvalue weighted by molar-refractivity contribution is 14.1. The van der Waals surface area contributed by atoms with Crippen LogP contribution in [0.25, 0.3) is 0 Å². The molecular formula is C10H10I2O. The van der Waals surface area contributed by atoms with E-state index in [9.17, 15) is 0 Å². The fourth-order valence-corrected chi connectivity index (χ4v) is 1.74. The molecule has 1 rings (SSSR count). The molecule has 1 aromatic carbocycles. The van der Waals surface area contributed by atoms with E-state index in [1.54, 1.807) is 0 Å². The smallest absolute Gasteiger partial charge is 0.134 e. The minimum absolute atomic E-state index is 0.593. The van der Waals surface area contributed by atoms with Gasteiger partial charge in [0.25, 0.3) is 0 Å². The quantitative estimate of drug-likeness (QED) is 0.554. The van der Waals surface area contributed by atoms with Crippen molar-refractivity contribution in [2.45, 2.75) is 6.92 Å². The van der Waals surface area contributed by atoms with Gasteiger partial charge in [0.05, 0.1) is 3.57 Å². The first-order chi connectivity index (χ1) is 6.09. The number of halogens is 2. The van der Waals surface area contributed by atoms with Crippen molar-refractivity contribution in [3.8, 4) is 5.75 Å². The van der Waals surface area contributed by atoms with Crippen LogP contribution in [-0.4, -0.2) is 6.61 Å². The summed E-state index contributed by atoms with van der Waals surface area (Å²) in [6.07, 6.45) is 0. The Morgan fingerprint density at radius 1 is 1.46 bits per heavy atom. The van der Waals surface area contributed by atoms with Gasteiger partial charge in [-0.2, -0.15) is 0 Å². The van der Waals surface area contributed by atoms with Gasteiger partial charge >= 0.3 is 0 Å². The summed E-state index contributed by atoms with van der Waals surface area (Å²) in [6.45, 7) is 6.35. The van der Waals surface area contributed by atoms with E-state index in [1.165, 1.54) is 3.57 Å². The van der Waals surface area contributed by atoms with Crippen LogP contribution in [0.2, 0.25) is 0 Å². The lowest BCUT2D eigenvalue weighted by atomic mass is 10.3. The van der Waals surface area contributed by atoms with Gasteiger partial charge in [-0.3, -0.25) is 0 Å². The first-order valence-corrected chi connectivity index (χ1v) is 5.97. The lowest BCUT2D eigenvalue weighted by Crippen LogP contribution is -1.99. The average molecular weight is 400 g/mol. The molecule has 0 radical (unpaired) electrons. The van der Waals surface area contributed by atoms with Gasteiger partial charge in [0, 0.05) is 3.57 Å². The molecule has 0 aliphatic heterocycles. The van der Waals surface area contributed by atoms with Crippen LogP contribution < -0.4 is 4.74 Å². The summed E-state index contributed by atoms with van der Waals surface area (Å²) in [5.41, 5.74) is 1.04. The lowest BCUT2D eigenvalue weighted by molar-refractivity contribution is 0.350. The van der Waals surface area contributed by atoms with Crippen molar-refractivity contribution in [1.29, 1.82) is 0 Å². The van der Waals surface area contributed by atoms with E-state index in [0.717, 1.165) is 14.9 Å². The van der Waals surface area contributed by atoms with Crippen molar-refractivity contribution < 1.29 is 4.74 Å². The lowest BCUT2D eigenvalue weighted by Gasteiger charge is -2.07. The molecule has 1 nitrogen and oxygen atoms in total. The number of rotatable bonds is 3. The van der Waals surface area contributed by atoms with Crippen molar-refractivity contribution >= 4 is 45.2 Å². The molecule has 0 saturated heterocycles. The summed E-state index contributed by atoms with van der Waals surface area (Å²) >= 11 is 4.54. The van der Waals surface area contributed by atoms with Crippen molar-refractivity contribution in [3.63, 3.8) is 0 Å². The third-order valence-electron chi connectivity index (χ3n) is 1.37. The molecular weight excluding hydrogens is 390 g/mol. The van der Waals surface area contributed by atoms with E-state index in [4.69, 9.17) is 4.74 Å². The molecule has 0 N–H and O–H groups in total. The third kappa shape index (κ3) is 3.84. The van der Waals surface area contributed by atoms with Gasteiger partial charge in [0.1, 0.15) is 12.4 Å². The predicted octanol–water partition coefficient (Wildman–Crippen LogP) is 3.85. The first-order valence-electron chi connectivity index (χ1n) is 3.82. The highest BCUT2D eigenvalue weighted by atomic mass is 127. The Bertz CT molecular complexity index is 321. The van der Waals surface area contributed by atoms with E-state index in [-0.39, 0.29) is 0 Å². The summed E-state index contributed by atoms with van der Waals surface area (Å²) in [5, 5.41) is 0. The molecule has 1 aromatic rings. The van der Waals surface area contributed by atoms with E-state index in [2.05, 4.69) is 63.9 Å². The topological polar surface area (TPSA) is 9.23 Å². The van der Waals surface area contributed by atoms with Crippen LogP contribution in [0.5, 0.6) is 5.75 Å². The normalized spacial score (nSPS) is 9.77. The summed E-state index contributed by atoms with van der Waals surface area (Å²) in [4.78, 5) is 0. The van der Waals surface area contributed by atoms with E-state index < -0.39 is 0 Å². The van der Waals surface area contributed by atoms with Crippen molar-refractivity contribution in [2.24, 2.45) is 0 Å². The largest absolute Gasteiger partial charge is 0.488 e. The molecule has 0 aromatic heterocycles. The molecule has 70 valence electrons. The number of hydrogen-bond acceptors (Lipinski definition) is 1. The summed E-state index contributed by atoms with van der Waals surface area (Å²) in [6, 6.07) is 6.15. The molecule has 0 heterocycles. The van der Waals surface area contributed by atoms with Gasteiger partial charge in [0.15, 0.2) is 0 Å². The average Bonchev–Trinajstić information content (AvgIpc) is 2.06. The number of ether oxygens (including phenoxy) is 1. The summed E-state index contributed by atoms with van der Waals surface area (Å²) in [7, 11) is 0. The minimum Gasteiger partial charge on any atom is -0.488 e. The van der Waals surface area contributed by atoms with Gasteiger partial charge < -0.3 is 4.74 Å². The van der Waals surface area contributed by atoms with Gasteiger partial charge in [-0.05, 0) is 75.9 Å². The van der Waals surface area contributed by atoms with Crippen LogP contribution in [0.15, 0.2) is 30.4 Å². The molecule has 3 heteroatoms. The molecule has 0 aliphatic carbocycles. The van der Waals surface area contributed by atoms with Gasteiger partial charge in [-0.25, -0.2) is 0 Å². The highest BCUT2D eigenvalue weighted by Gasteiger charge is 2.00. The van der Waals surface area contributed by atoms with Crippen LogP contribution in [0.1, 0.15) is 6.92 Å². The van der Waals surface area contributed by atoms with Gasteiger partial charge in [0.2, 0.25) is 0 Å². The Balaban J connectivity index is 2.75. The summed E-state index contributed by atoms with van der Waals surface area (Å²) < 4.78 is 7.89. The predicted molar refractivity (Wildman–Crippen MR) is 72.2 cm³/mol. The minimum atomic E-state index is 0.593. The molecule has 0 amide bonds. The molecule has 0 spiro atoms. The molecule has 0 saturated carbocycles. The van der Waals surface area contributed by atoms with Crippen molar-refractivity contribution in [3.05, 3.63) is 37.5 Å². The fraction of sp³-hybridized carbons (Fsp3) is 0.200. The van der Waals surface area contributed by atoms with Crippen LogP contribution in [0.3, 0.4) is 0 Å². The van der Waals surface area contributed by atoms with Crippen LogP contribution in [-0.2, 0) is 0 Å². The molecule has 0 aliphatic rings. The van der Waals surface area contributed by atoms with Crippen LogP contribution >= 0.6 is 45.2 Å². The number of benzene rings is 1. The SMILES string of the molecule is C=C(C)COc1cc(I)ccc1I. The molecule has 0 unspecified atom stereocenters. The zero-order valence-electron chi connectivity index (χ0n) is 7.31. The zero-order valence-corrected chi connectivity index (χ0v) is 11.6. The Kier molecular flexibility index (Phi) is 4.51. The second kappa shape index (κ2) is 5.19. The maximum atomic E-state index is 5.57. The van der Waals surface area contributed by atoms with Crippen molar-refractivity contribution in [1.82, 2.24) is 0 Å². The van der Waals surface area contributed by atoms with Crippen LogP contribution in [0, 0.1) is 7.14 Å². The number of hydrogen-bond donors (Lipinski definition) is 0. The molecule has 0 fully saturated rings. The first kappa shape index (κ1) is 11.3. The third-order valence-corrected chi connectivity index (χ3v) is 2.93. The van der Waals surface area contributed by atoms with E-state index in [1.807, 2.05) is 13.0 Å². The van der Waals surface area contributed by atoms with E-state index in [0.29, 0.717) is 6.61 Å². The fourth-order valence-electron chi connectivity index (χ4n) is 0.789. The maximum Gasteiger partial charge on any atom is 0.134 e. The zero-order chi connectivity index (χ0) is 9.84. The standard InChI is InChI=1S/C10H10I2O/c1-7(2)6-13-10-5-8(11)3-4-9(10)12/h3-5H,1,6H2,2H3. The Morgan fingerprint density at radius 3 is 2.77 bits per heavy atom. The Labute approximate surface area is 106 Å². The van der Waals surface area contributed by atoms with Crippen molar-refractivity contribution in [2.75, 3.05) is 6.61 Å². The summed E-state index contributed by atoms with van der Waals surface area (Å²) in [5.74, 6) is 0.940. The van der Waals surface area contributed by atoms with Gasteiger partial charge in [-0.15, -0.1) is 0 Å². The second-order valence-corrected chi connectivity index (χ2v) is 5.23. The Hall–Kier alpha value is 0.220. The molecule has 0 atom stereocenters. The molecule has 0 bridgehead atoms. The van der Waals surface area contributed by atoms with E-state index >= 15 is 0 Å². The second-order valence-electron chi connectivity index (χ2n) is 2.82. The highest BCUT2D eigenvalue weighted by Crippen LogP contribution is 2.23. The molecule has 13 heavy (non-hydrogen) atoms. The van der Waals surface area contributed by atoms with Crippen LogP contribution in [0.4, 0.5) is 0 Å². The monoisotopic (exact) mass is 400 g/mol. The Morgan fingerprint density at radius 2 is 2.15 bits per heavy atom. The van der Waals surface area contributed by atoms with Gasteiger partial charge in [-0.1, -0.05) is 6.58 Å².